The van der Waals surface area contributed by atoms with Crippen LogP contribution in [0, 0.1) is 13.8 Å². The molecule has 51 heavy (non-hydrogen) atoms. The van der Waals surface area contributed by atoms with E-state index >= 15 is 0 Å². The zero-order valence-electron chi connectivity index (χ0n) is 30.0. The van der Waals surface area contributed by atoms with Gasteiger partial charge in [-0.1, -0.05) is 37.3 Å². The highest BCUT2D eigenvalue weighted by Crippen LogP contribution is 2.46. The molecule has 2 saturated heterocycles. The first-order valence-electron chi connectivity index (χ1n) is 17.8. The number of fused-ring (bicyclic) bond motifs is 1. The Morgan fingerprint density at radius 3 is 2.55 bits per heavy atom. The lowest BCUT2D eigenvalue weighted by atomic mass is 9.91. The Morgan fingerprint density at radius 2 is 1.80 bits per heavy atom. The molecule has 11 nitrogen and oxygen atoms in total. The fourth-order valence-electron chi connectivity index (χ4n) is 8.39. The molecular weight excluding hydrogens is 644 g/mol. The average Bonchev–Trinajstić information content (AvgIpc) is 3.82. The number of aryl methyl sites for hydroxylation is 2. The van der Waals surface area contributed by atoms with Crippen molar-refractivity contribution in [2.45, 2.75) is 58.0 Å². The number of aliphatic hydroxyl groups is 1. The summed E-state index contributed by atoms with van der Waals surface area (Å²) in [5.41, 5.74) is 9.17. The molecule has 0 radical (unpaired) electrons. The van der Waals surface area contributed by atoms with Crippen LogP contribution < -0.4 is 20.9 Å². The van der Waals surface area contributed by atoms with E-state index in [0.717, 1.165) is 77.1 Å². The first-order valence-corrected chi connectivity index (χ1v) is 17.8. The van der Waals surface area contributed by atoms with Crippen LogP contribution in [0.25, 0.3) is 22.4 Å². The van der Waals surface area contributed by atoms with E-state index in [1.54, 1.807) is 25.1 Å². The fourth-order valence-corrected chi connectivity index (χ4v) is 8.39. The number of likely N-dealkylation sites (tertiary alicyclic amines) is 1. The van der Waals surface area contributed by atoms with Crippen molar-refractivity contribution in [1.29, 1.82) is 0 Å². The van der Waals surface area contributed by atoms with Crippen LogP contribution in [-0.4, -0.2) is 81.8 Å². The van der Waals surface area contributed by atoms with Crippen molar-refractivity contribution in [1.82, 2.24) is 24.7 Å². The standard InChI is InChI=1S/C40H46N6O5/c1-6-27-14-15-31(38(49)44(27)4)36(48)41-32-12-8-10-29(25(32)3)28-9-7-11-30(24(28)2)33-21-26-13-16-34(35(26)37(42-33)51-5)45-18-17-40(22-45)23-46(19-20-47)39(50)43-40/h7-12,14-15,21,34,47H,6,13,16-20,22-23H2,1-5H3,(H,41,48)(H,43,50)/t34-,40-/m0/s1. The number of nitrogens with one attached hydrogen (secondary N) is 2. The Morgan fingerprint density at radius 1 is 1.06 bits per heavy atom. The first kappa shape index (κ1) is 34.4. The van der Waals surface area contributed by atoms with Gasteiger partial charge in [0.05, 0.1) is 24.9 Å². The number of methoxy groups -OCH3 is 1. The number of pyridine rings is 2. The van der Waals surface area contributed by atoms with Gasteiger partial charge in [0.1, 0.15) is 5.56 Å². The van der Waals surface area contributed by atoms with Crippen LogP contribution >= 0.6 is 0 Å². The second-order valence-corrected chi connectivity index (χ2v) is 14.1. The third-order valence-electron chi connectivity index (χ3n) is 11.2. The van der Waals surface area contributed by atoms with E-state index in [1.807, 2.05) is 44.2 Å². The van der Waals surface area contributed by atoms with Crippen LogP contribution in [0.2, 0.25) is 0 Å². The summed E-state index contributed by atoms with van der Waals surface area (Å²) < 4.78 is 7.51. The number of aromatic nitrogens is 2. The lowest BCUT2D eigenvalue weighted by Gasteiger charge is -2.28. The largest absolute Gasteiger partial charge is 0.481 e. The molecule has 3 aliphatic rings. The van der Waals surface area contributed by atoms with Crippen molar-refractivity contribution >= 4 is 17.6 Å². The van der Waals surface area contributed by atoms with Crippen LogP contribution in [0.4, 0.5) is 10.5 Å². The number of rotatable bonds is 9. The number of benzene rings is 2. The van der Waals surface area contributed by atoms with Gasteiger partial charge in [-0.25, -0.2) is 9.78 Å². The Balaban J connectivity index is 1.15. The molecule has 4 aromatic rings. The van der Waals surface area contributed by atoms with Crippen LogP contribution in [-0.2, 0) is 19.9 Å². The molecule has 7 rings (SSSR count). The number of aliphatic hydroxyl groups excluding tert-OH is 1. The summed E-state index contributed by atoms with van der Waals surface area (Å²) in [6.45, 7) is 8.58. The smallest absolute Gasteiger partial charge is 0.318 e. The number of anilines is 1. The molecule has 2 fully saturated rings. The van der Waals surface area contributed by atoms with Crippen LogP contribution in [0.3, 0.4) is 0 Å². The molecule has 2 atom stereocenters. The van der Waals surface area contributed by atoms with Gasteiger partial charge >= 0.3 is 6.03 Å². The number of urea groups is 1. The lowest BCUT2D eigenvalue weighted by Crippen LogP contribution is -2.46. The third kappa shape index (κ3) is 6.08. The molecule has 1 aliphatic carbocycles. The summed E-state index contributed by atoms with van der Waals surface area (Å²) in [6.07, 6.45) is 3.42. The van der Waals surface area contributed by atoms with Gasteiger partial charge in [0, 0.05) is 61.8 Å². The Bertz CT molecular complexity index is 2090. The fraction of sp³-hybridized carbons (Fsp3) is 0.400. The molecule has 2 aromatic carbocycles. The van der Waals surface area contributed by atoms with Crippen LogP contribution in [0.5, 0.6) is 5.88 Å². The van der Waals surface area contributed by atoms with Gasteiger partial charge in [-0.2, -0.15) is 0 Å². The van der Waals surface area contributed by atoms with Crippen LogP contribution in [0.1, 0.15) is 64.1 Å². The summed E-state index contributed by atoms with van der Waals surface area (Å²) in [4.78, 5) is 48.0. The number of nitrogens with zero attached hydrogens (tertiary/aromatic N) is 4. The van der Waals surface area contributed by atoms with Gasteiger partial charge in [0.15, 0.2) is 0 Å². The quantitative estimate of drug-likeness (QED) is 0.226. The first-order chi connectivity index (χ1) is 24.6. The summed E-state index contributed by atoms with van der Waals surface area (Å²) in [5, 5.41) is 15.6. The zero-order valence-corrected chi connectivity index (χ0v) is 30.0. The molecule has 11 heteroatoms. The van der Waals surface area contributed by atoms with Gasteiger partial charge in [-0.3, -0.25) is 14.5 Å². The van der Waals surface area contributed by atoms with E-state index in [4.69, 9.17) is 9.72 Å². The minimum Gasteiger partial charge on any atom is -0.481 e. The molecule has 3 amide bonds. The normalized spacial score (nSPS) is 19.8. The molecule has 4 heterocycles. The Labute approximate surface area is 298 Å². The summed E-state index contributed by atoms with van der Waals surface area (Å²) in [6, 6.07) is 17.7. The molecule has 2 aliphatic heterocycles. The number of amides is 3. The van der Waals surface area contributed by atoms with Gasteiger partial charge in [0.25, 0.3) is 11.5 Å². The number of hydrogen-bond donors (Lipinski definition) is 3. The van der Waals surface area contributed by atoms with Gasteiger partial charge in [0.2, 0.25) is 5.88 Å². The highest BCUT2D eigenvalue weighted by molar-refractivity contribution is 6.05. The van der Waals surface area contributed by atoms with E-state index in [-0.39, 0.29) is 35.3 Å². The van der Waals surface area contributed by atoms with Crippen molar-refractivity contribution in [3.05, 3.63) is 98.5 Å². The molecule has 266 valence electrons. The van der Waals surface area contributed by atoms with Crippen molar-refractivity contribution in [2.75, 3.05) is 45.2 Å². The van der Waals surface area contributed by atoms with Crippen molar-refractivity contribution in [3.63, 3.8) is 0 Å². The predicted octanol–water partition coefficient (Wildman–Crippen LogP) is 5.00. The number of ether oxygens (including phenoxy) is 1. The summed E-state index contributed by atoms with van der Waals surface area (Å²) in [7, 11) is 3.37. The predicted molar refractivity (Wildman–Crippen MR) is 197 cm³/mol. The van der Waals surface area contributed by atoms with Crippen molar-refractivity contribution in [3.8, 4) is 28.3 Å². The molecule has 0 bridgehead atoms. The third-order valence-corrected chi connectivity index (χ3v) is 11.2. The van der Waals surface area contributed by atoms with E-state index in [1.165, 1.54) is 10.1 Å². The Kier molecular flexibility index (Phi) is 9.19. The maximum atomic E-state index is 13.3. The van der Waals surface area contributed by atoms with Crippen molar-refractivity contribution in [2.24, 2.45) is 7.05 Å². The zero-order chi connectivity index (χ0) is 36.0. The van der Waals surface area contributed by atoms with Gasteiger partial charge in [-0.05, 0) is 91.6 Å². The van der Waals surface area contributed by atoms with E-state index in [9.17, 15) is 19.5 Å². The van der Waals surface area contributed by atoms with E-state index < -0.39 is 5.91 Å². The minimum atomic E-state index is -0.433. The van der Waals surface area contributed by atoms with Crippen LogP contribution in [0.15, 0.2) is 59.4 Å². The minimum absolute atomic E-state index is 0.0427. The monoisotopic (exact) mass is 690 g/mol. The Hall–Kier alpha value is -5.00. The molecule has 0 unspecified atom stereocenters. The van der Waals surface area contributed by atoms with E-state index in [2.05, 4.69) is 40.7 Å². The van der Waals surface area contributed by atoms with Gasteiger partial charge < -0.3 is 29.9 Å². The molecule has 3 N–H and O–H groups in total. The highest BCUT2D eigenvalue weighted by Gasteiger charge is 2.49. The maximum absolute atomic E-state index is 13.3. The number of β-amino-alcohol motifs (C(OH)–C–C–N with tert-alkyl or cyclic N) is 1. The van der Waals surface area contributed by atoms with E-state index in [0.29, 0.717) is 31.1 Å². The number of hydrogen-bond acceptors (Lipinski definition) is 7. The molecule has 0 saturated carbocycles. The lowest BCUT2D eigenvalue weighted by molar-refractivity contribution is 0.102. The van der Waals surface area contributed by atoms with Gasteiger partial charge in [-0.15, -0.1) is 0 Å². The topological polar surface area (TPSA) is 129 Å². The summed E-state index contributed by atoms with van der Waals surface area (Å²) >= 11 is 0. The molecule has 1 spiro atoms. The molecule has 2 aromatic heterocycles. The number of carbonyl (C=O) groups is 2. The summed E-state index contributed by atoms with van der Waals surface area (Å²) in [5.74, 6) is 0.199. The number of carbonyl (C=O) groups excluding carboxylic acids is 2. The SMILES string of the molecule is CCc1ccc(C(=O)Nc2cccc(-c3cccc(-c4cc5c(c(OC)n4)[C@@H](N4CC[C@@]6(CN(CCO)C(=O)N6)C4)CC5)c3C)c2C)c(=O)n1C. The average molecular weight is 691 g/mol. The highest BCUT2D eigenvalue weighted by atomic mass is 16.5. The molecular formula is C40H46N6O5. The second-order valence-electron chi connectivity index (χ2n) is 14.1. The van der Waals surface area contributed by atoms with Crippen molar-refractivity contribution < 1.29 is 19.4 Å². The second kappa shape index (κ2) is 13.6. The maximum Gasteiger partial charge on any atom is 0.318 e.